The molecule has 4 heterocycles. The number of ether oxygens (including phenoxy) is 2. The van der Waals surface area contributed by atoms with Crippen molar-refractivity contribution < 1.29 is 18.3 Å². The lowest BCUT2D eigenvalue weighted by molar-refractivity contribution is -0.0747. The lowest BCUT2D eigenvalue weighted by Gasteiger charge is -2.39. The Morgan fingerprint density at radius 2 is 1.87 bits per heavy atom. The number of alkyl halides is 2. The Kier molecular flexibility index (Phi) is 7.74. The van der Waals surface area contributed by atoms with Crippen molar-refractivity contribution in [3.63, 3.8) is 0 Å². The number of aromatic amines is 1. The third kappa shape index (κ3) is 5.72. The molecular weight excluding hydrogens is 492 g/mol. The molecule has 0 radical (unpaired) electrons. The van der Waals surface area contributed by atoms with Crippen LogP contribution in [0, 0.1) is 19.8 Å². The molecule has 0 amide bonds. The van der Waals surface area contributed by atoms with E-state index in [1.54, 1.807) is 32.6 Å². The number of anilines is 1. The molecule has 0 unspecified atom stereocenters. The molecule has 3 aromatic heterocycles. The first-order valence-corrected chi connectivity index (χ1v) is 13.2. The molecule has 1 saturated carbocycles. The van der Waals surface area contributed by atoms with Crippen LogP contribution in [0.2, 0.25) is 0 Å². The van der Waals surface area contributed by atoms with Gasteiger partial charge in [-0.25, -0.2) is 13.8 Å². The predicted octanol–water partition coefficient (Wildman–Crippen LogP) is 4.21. The summed E-state index contributed by atoms with van der Waals surface area (Å²) in [7, 11) is 1.65. The van der Waals surface area contributed by atoms with Gasteiger partial charge in [0.15, 0.2) is 5.82 Å². The molecule has 0 spiro atoms. The van der Waals surface area contributed by atoms with E-state index in [0.29, 0.717) is 49.4 Å². The van der Waals surface area contributed by atoms with Gasteiger partial charge in [-0.15, -0.1) is 0 Å². The van der Waals surface area contributed by atoms with Crippen molar-refractivity contribution in [2.75, 3.05) is 32.1 Å². The zero-order valence-electron chi connectivity index (χ0n) is 22.0. The maximum absolute atomic E-state index is 13.6. The summed E-state index contributed by atoms with van der Waals surface area (Å²) in [4.78, 5) is 24.7. The maximum atomic E-state index is 13.6. The normalized spacial score (nSPS) is 24.0. The lowest BCUT2D eigenvalue weighted by Crippen LogP contribution is -2.58. The SMILES string of the molecule is CO[C@H]1CNC[C@@H](OCC2CCC(F)(F)CC2)[C@H]1Nc1ncc(-c2cncc(C)c2)c2cc(C)c(=O)[nH]c12. The van der Waals surface area contributed by atoms with Gasteiger partial charge in [-0.3, -0.25) is 9.78 Å². The van der Waals surface area contributed by atoms with Gasteiger partial charge in [-0.05, 0) is 50.3 Å². The molecule has 3 N–H and O–H groups in total. The van der Waals surface area contributed by atoms with Crippen molar-refractivity contribution >= 4 is 16.7 Å². The number of fused-ring (bicyclic) bond motifs is 1. The first-order valence-electron chi connectivity index (χ1n) is 13.2. The van der Waals surface area contributed by atoms with Gasteiger partial charge in [0.05, 0.1) is 23.8 Å². The van der Waals surface area contributed by atoms with E-state index in [1.807, 2.05) is 19.1 Å². The van der Waals surface area contributed by atoms with Gasteiger partial charge < -0.3 is 25.1 Å². The Hall–Kier alpha value is -2.95. The molecule has 38 heavy (non-hydrogen) atoms. The number of hydrogen-bond donors (Lipinski definition) is 3. The number of nitrogens with zero attached hydrogens (tertiary/aromatic N) is 2. The summed E-state index contributed by atoms with van der Waals surface area (Å²) < 4.78 is 39.3. The molecule has 3 atom stereocenters. The Balaban J connectivity index is 1.44. The van der Waals surface area contributed by atoms with E-state index in [4.69, 9.17) is 14.5 Å². The first-order chi connectivity index (χ1) is 18.2. The summed E-state index contributed by atoms with van der Waals surface area (Å²) in [6.45, 7) is 5.38. The number of piperidine rings is 1. The highest BCUT2D eigenvalue weighted by Crippen LogP contribution is 2.37. The van der Waals surface area contributed by atoms with Crippen molar-refractivity contribution in [2.24, 2.45) is 5.92 Å². The largest absolute Gasteiger partial charge is 0.378 e. The van der Waals surface area contributed by atoms with Crippen molar-refractivity contribution in [2.45, 2.75) is 63.7 Å². The molecular formula is C28H35F2N5O3. The average Bonchev–Trinajstić information content (AvgIpc) is 2.89. The van der Waals surface area contributed by atoms with E-state index >= 15 is 0 Å². The summed E-state index contributed by atoms with van der Waals surface area (Å²) in [5.74, 6) is -1.92. The van der Waals surface area contributed by atoms with Gasteiger partial charge in [0.2, 0.25) is 5.92 Å². The van der Waals surface area contributed by atoms with Gasteiger partial charge in [-0.1, -0.05) is 0 Å². The predicted molar refractivity (Wildman–Crippen MR) is 143 cm³/mol. The highest BCUT2D eigenvalue weighted by atomic mass is 19.3. The van der Waals surface area contributed by atoms with E-state index < -0.39 is 5.92 Å². The molecule has 1 aliphatic heterocycles. The number of H-pyrrole nitrogens is 1. The molecule has 204 valence electrons. The molecule has 2 aliphatic rings. The van der Waals surface area contributed by atoms with Crippen LogP contribution in [0.25, 0.3) is 22.0 Å². The molecule has 0 aromatic carbocycles. The quantitative estimate of drug-likeness (QED) is 0.423. The van der Waals surface area contributed by atoms with E-state index in [2.05, 4.69) is 20.6 Å². The van der Waals surface area contributed by atoms with E-state index in [9.17, 15) is 13.6 Å². The van der Waals surface area contributed by atoms with Gasteiger partial charge in [0.1, 0.15) is 0 Å². The minimum absolute atomic E-state index is 0.0855. The first kappa shape index (κ1) is 26.6. The van der Waals surface area contributed by atoms with Crippen LogP contribution in [0.3, 0.4) is 0 Å². The highest BCUT2D eigenvalue weighted by Gasteiger charge is 2.38. The van der Waals surface area contributed by atoms with Crippen LogP contribution >= 0.6 is 0 Å². The number of rotatable bonds is 7. The summed E-state index contributed by atoms with van der Waals surface area (Å²) in [5.41, 5.74) is 3.83. The van der Waals surface area contributed by atoms with Crippen LogP contribution in [0.1, 0.15) is 36.8 Å². The van der Waals surface area contributed by atoms with E-state index in [1.165, 1.54) is 0 Å². The molecule has 1 aliphatic carbocycles. The Morgan fingerprint density at radius 3 is 2.61 bits per heavy atom. The van der Waals surface area contributed by atoms with Crippen LogP contribution in [0.5, 0.6) is 0 Å². The fourth-order valence-corrected chi connectivity index (χ4v) is 5.46. The van der Waals surface area contributed by atoms with Crippen molar-refractivity contribution in [1.29, 1.82) is 0 Å². The third-order valence-electron chi connectivity index (χ3n) is 7.74. The van der Waals surface area contributed by atoms with Crippen molar-refractivity contribution in [3.05, 3.63) is 52.2 Å². The number of pyridine rings is 3. The molecule has 2 fully saturated rings. The standard InChI is InChI=1S/C28H35F2N5O3/c1-16-8-19(11-31-10-16)21-12-33-26(24-20(21)9-17(2)27(36)35-24)34-25-22(37-3)13-32-14-23(25)38-15-18-4-6-28(29,30)7-5-18/h8-12,18,22-23,25,32H,4-7,13-15H2,1-3H3,(H,33,34)(H,35,36)/t22-,23+,25-/m0/s1. The number of methoxy groups -OCH3 is 1. The lowest BCUT2D eigenvalue weighted by atomic mass is 9.87. The second-order valence-corrected chi connectivity index (χ2v) is 10.6. The van der Waals surface area contributed by atoms with Crippen LogP contribution in [-0.4, -0.2) is 65.9 Å². The topological polar surface area (TPSA) is 101 Å². The summed E-state index contributed by atoms with van der Waals surface area (Å²) in [5, 5.41) is 7.71. The van der Waals surface area contributed by atoms with Crippen LogP contribution in [0.15, 0.2) is 35.5 Å². The number of halogens is 2. The molecule has 10 heteroatoms. The second kappa shape index (κ2) is 11.0. The zero-order valence-corrected chi connectivity index (χ0v) is 22.0. The van der Waals surface area contributed by atoms with Gasteiger partial charge in [0.25, 0.3) is 5.56 Å². The molecule has 0 bridgehead atoms. The number of hydrogen-bond acceptors (Lipinski definition) is 7. The average molecular weight is 528 g/mol. The maximum Gasteiger partial charge on any atom is 0.251 e. The van der Waals surface area contributed by atoms with Crippen molar-refractivity contribution in [1.82, 2.24) is 20.3 Å². The second-order valence-electron chi connectivity index (χ2n) is 10.6. The Bertz CT molecular complexity index is 1340. The zero-order chi connectivity index (χ0) is 26.9. The van der Waals surface area contributed by atoms with Gasteiger partial charge in [-0.2, -0.15) is 0 Å². The number of nitrogens with one attached hydrogen (secondary N) is 3. The summed E-state index contributed by atoms with van der Waals surface area (Å²) in [6, 6.07) is 3.65. The highest BCUT2D eigenvalue weighted by molar-refractivity contribution is 5.99. The summed E-state index contributed by atoms with van der Waals surface area (Å²) in [6.07, 6.45) is 5.63. The fourth-order valence-electron chi connectivity index (χ4n) is 5.46. The van der Waals surface area contributed by atoms with Crippen LogP contribution in [-0.2, 0) is 9.47 Å². The molecule has 8 nitrogen and oxygen atoms in total. The molecule has 3 aromatic rings. The fraction of sp³-hybridized carbons (Fsp3) is 0.536. The third-order valence-corrected chi connectivity index (χ3v) is 7.74. The van der Waals surface area contributed by atoms with E-state index in [0.717, 1.165) is 22.1 Å². The minimum atomic E-state index is -2.56. The van der Waals surface area contributed by atoms with Gasteiger partial charge in [0, 0.05) is 80.3 Å². The van der Waals surface area contributed by atoms with E-state index in [-0.39, 0.29) is 42.6 Å². The molecule has 1 saturated heterocycles. The minimum Gasteiger partial charge on any atom is -0.378 e. The number of aryl methyl sites for hydroxylation is 2. The monoisotopic (exact) mass is 527 g/mol. The Labute approximate surface area is 220 Å². The number of aromatic nitrogens is 3. The summed E-state index contributed by atoms with van der Waals surface area (Å²) >= 11 is 0. The van der Waals surface area contributed by atoms with Crippen LogP contribution < -0.4 is 16.2 Å². The smallest absolute Gasteiger partial charge is 0.251 e. The van der Waals surface area contributed by atoms with Crippen molar-refractivity contribution in [3.8, 4) is 11.1 Å². The van der Waals surface area contributed by atoms with Gasteiger partial charge >= 0.3 is 0 Å². The van der Waals surface area contributed by atoms with Crippen LogP contribution in [0.4, 0.5) is 14.6 Å². The Morgan fingerprint density at radius 1 is 1.11 bits per heavy atom. The molecule has 5 rings (SSSR count).